The van der Waals surface area contributed by atoms with Crippen LogP contribution in [0.15, 0.2) is 45.5 Å². The van der Waals surface area contributed by atoms with Gasteiger partial charge in [-0.05, 0) is 23.7 Å². The van der Waals surface area contributed by atoms with Crippen LogP contribution in [0, 0.1) is 0 Å². The van der Waals surface area contributed by atoms with Crippen molar-refractivity contribution in [1.29, 1.82) is 0 Å². The van der Waals surface area contributed by atoms with Crippen LogP contribution >= 0.6 is 27.5 Å². The van der Waals surface area contributed by atoms with E-state index < -0.39 is 0 Å². The lowest BCUT2D eigenvalue weighted by Crippen LogP contribution is -1.89. The van der Waals surface area contributed by atoms with Gasteiger partial charge in [0.25, 0.3) is 0 Å². The van der Waals surface area contributed by atoms with Gasteiger partial charge >= 0.3 is 0 Å². The smallest absolute Gasteiger partial charge is 0.202 e. The molecule has 0 aliphatic rings. The molecule has 0 saturated heterocycles. The van der Waals surface area contributed by atoms with Gasteiger partial charge in [-0.3, -0.25) is 5.10 Å². The first-order valence-corrected chi connectivity index (χ1v) is 6.67. The fourth-order valence-corrected chi connectivity index (χ4v) is 2.65. The van der Waals surface area contributed by atoms with Crippen molar-refractivity contribution < 1.29 is 4.42 Å². The van der Waals surface area contributed by atoms with E-state index in [1.807, 2.05) is 24.3 Å². The van der Waals surface area contributed by atoms with Crippen molar-refractivity contribution in [1.82, 2.24) is 10.2 Å². The van der Waals surface area contributed by atoms with Gasteiger partial charge in [-0.15, -0.1) is 0 Å². The molecule has 0 unspecified atom stereocenters. The van der Waals surface area contributed by atoms with E-state index in [9.17, 15) is 0 Å². The molecule has 0 aliphatic carbocycles. The Morgan fingerprint density at radius 3 is 2.68 bits per heavy atom. The van der Waals surface area contributed by atoms with Crippen LogP contribution in [-0.2, 0) is 0 Å². The van der Waals surface area contributed by atoms with Crippen LogP contribution in [0.1, 0.15) is 0 Å². The standard InChI is InChI=1S/C13H9BrClN3O/c14-9-4-2-1-3-7(9)10-11(17-18-13(10)16)8-5-6-19-12(8)15/h1-6H,(H3,16,17,18). The van der Waals surface area contributed by atoms with Gasteiger partial charge in [0.15, 0.2) is 5.82 Å². The average Bonchev–Trinajstić information content (AvgIpc) is 2.96. The Hall–Kier alpha value is -1.72. The van der Waals surface area contributed by atoms with Crippen molar-refractivity contribution in [2.45, 2.75) is 0 Å². The van der Waals surface area contributed by atoms with E-state index >= 15 is 0 Å². The second-order valence-corrected chi connectivity index (χ2v) is 5.14. The predicted octanol–water partition coefficient (Wildman–Crippen LogP) is 4.33. The van der Waals surface area contributed by atoms with Crippen molar-refractivity contribution in [2.75, 3.05) is 5.73 Å². The zero-order valence-electron chi connectivity index (χ0n) is 9.65. The highest BCUT2D eigenvalue weighted by molar-refractivity contribution is 9.10. The topological polar surface area (TPSA) is 67.8 Å². The molecule has 3 N–H and O–H groups in total. The lowest BCUT2D eigenvalue weighted by Gasteiger charge is -2.05. The second kappa shape index (κ2) is 4.75. The number of H-pyrrole nitrogens is 1. The summed E-state index contributed by atoms with van der Waals surface area (Å²) in [7, 11) is 0. The summed E-state index contributed by atoms with van der Waals surface area (Å²) in [4.78, 5) is 0. The SMILES string of the molecule is Nc1n[nH]c(-c2ccoc2Cl)c1-c1ccccc1Br. The molecule has 3 rings (SSSR count). The van der Waals surface area contributed by atoms with Crippen LogP contribution in [0.5, 0.6) is 0 Å². The number of anilines is 1. The summed E-state index contributed by atoms with van der Waals surface area (Å²) >= 11 is 9.53. The Morgan fingerprint density at radius 1 is 1.21 bits per heavy atom. The number of hydrogen-bond donors (Lipinski definition) is 2. The minimum Gasteiger partial charge on any atom is -0.452 e. The number of nitrogens with one attached hydrogen (secondary N) is 1. The fourth-order valence-electron chi connectivity index (χ4n) is 1.96. The zero-order chi connectivity index (χ0) is 13.4. The summed E-state index contributed by atoms with van der Waals surface area (Å²) in [5.74, 6) is 0.416. The number of hydrogen-bond acceptors (Lipinski definition) is 3. The lowest BCUT2D eigenvalue weighted by atomic mass is 10.0. The number of rotatable bonds is 2. The predicted molar refractivity (Wildman–Crippen MR) is 78.8 cm³/mol. The minimum absolute atomic E-state index is 0.303. The molecule has 0 fully saturated rings. The van der Waals surface area contributed by atoms with Crippen LogP contribution in [0.4, 0.5) is 5.82 Å². The molecule has 0 aliphatic heterocycles. The van der Waals surface area contributed by atoms with Gasteiger partial charge < -0.3 is 10.2 Å². The highest BCUT2D eigenvalue weighted by Crippen LogP contribution is 2.40. The Kier molecular flexibility index (Phi) is 3.08. The normalized spacial score (nSPS) is 10.8. The summed E-state index contributed by atoms with van der Waals surface area (Å²) in [6.07, 6.45) is 1.53. The highest BCUT2D eigenvalue weighted by atomic mass is 79.9. The molecule has 0 atom stereocenters. The van der Waals surface area contributed by atoms with Gasteiger partial charge in [0.05, 0.1) is 23.1 Å². The van der Waals surface area contributed by atoms with E-state index in [2.05, 4.69) is 26.1 Å². The van der Waals surface area contributed by atoms with Crippen LogP contribution in [0.25, 0.3) is 22.4 Å². The van der Waals surface area contributed by atoms with E-state index in [1.54, 1.807) is 6.07 Å². The van der Waals surface area contributed by atoms with E-state index in [-0.39, 0.29) is 0 Å². The maximum absolute atomic E-state index is 6.02. The van der Waals surface area contributed by atoms with Gasteiger partial charge in [-0.25, -0.2) is 0 Å². The first-order valence-electron chi connectivity index (χ1n) is 5.50. The molecule has 0 spiro atoms. The van der Waals surface area contributed by atoms with Crippen molar-refractivity contribution in [3.05, 3.63) is 46.3 Å². The lowest BCUT2D eigenvalue weighted by molar-refractivity contribution is 0.570. The number of nitrogens with zero attached hydrogens (tertiary/aromatic N) is 1. The molecule has 19 heavy (non-hydrogen) atoms. The number of nitrogen functional groups attached to an aromatic ring is 1. The van der Waals surface area contributed by atoms with Gasteiger partial charge in [0.1, 0.15) is 0 Å². The summed E-state index contributed by atoms with van der Waals surface area (Å²) in [5, 5.41) is 7.27. The van der Waals surface area contributed by atoms with Crippen molar-refractivity contribution in [2.24, 2.45) is 0 Å². The second-order valence-electron chi connectivity index (χ2n) is 3.95. The van der Waals surface area contributed by atoms with Gasteiger partial charge in [-0.1, -0.05) is 34.1 Å². The molecular weight excluding hydrogens is 330 g/mol. The number of furan rings is 1. The third-order valence-corrected chi connectivity index (χ3v) is 3.81. The molecule has 0 amide bonds. The maximum atomic E-state index is 6.02. The molecule has 4 nitrogen and oxygen atoms in total. The third kappa shape index (κ3) is 2.05. The van der Waals surface area contributed by atoms with E-state index in [1.165, 1.54) is 6.26 Å². The third-order valence-electron chi connectivity index (χ3n) is 2.82. The maximum Gasteiger partial charge on any atom is 0.202 e. The average molecular weight is 339 g/mol. The molecule has 6 heteroatoms. The van der Waals surface area contributed by atoms with E-state index in [0.29, 0.717) is 11.0 Å². The fraction of sp³-hybridized carbons (Fsp3) is 0. The Labute approximate surface area is 122 Å². The largest absolute Gasteiger partial charge is 0.452 e. The van der Waals surface area contributed by atoms with Gasteiger partial charge in [-0.2, -0.15) is 5.10 Å². The van der Waals surface area contributed by atoms with E-state index in [4.69, 9.17) is 21.8 Å². The van der Waals surface area contributed by atoms with E-state index in [0.717, 1.165) is 26.9 Å². The number of benzene rings is 1. The summed E-state index contributed by atoms with van der Waals surface area (Å²) < 4.78 is 6.05. The number of aromatic amines is 1. The number of halogens is 2. The van der Waals surface area contributed by atoms with Crippen LogP contribution in [0.2, 0.25) is 5.22 Å². The molecular formula is C13H9BrClN3O. The van der Waals surface area contributed by atoms with Crippen molar-refractivity contribution >= 4 is 33.3 Å². The summed E-state index contributed by atoms with van der Waals surface area (Å²) in [6.45, 7) is 0. The van der Waals surface area contributed by atoms with Crippen LogP contribution in [0.3, 0.4) is 0 Å². The first-order chi connectivity index (χ1) is 9.18. The molecule has 1 aromatic carbocycles. The van der Waals surface area contributed by atoms with Crippen molar-refractivity contribution in [3.8, 4) is 22.4 Å². The first kappa shape index (κ1) is 12.3. The van der Waals surface area contributed by atoms with Crippen LogP contribution in [-0.4, -0.2) is 10.2 Å². The molecule has 3 aromatic rings. The summed E-state index contributed by atoms with van der Waals surface area (Å²) in [6, 6.07) is 9.56. The highest BCUT2D eigenvalue weighted by Gasteiger charge is 2.19. The monoisotopic (exact) mass is 337 g/mol. The minimum atomic E-state index is 0.303. The Morgan fingerprint density at radius 2 is 2.00 bits per heavy atom. The van der Waals surface area contributed by atoms with Crippen molar-refractivity contribution in [3.63, 3.8) is 0 Å². The molecule has 2 heterocycles. The number of aromatic nitrogens is 2. The summed E-state index contributed by atoms with van der Waals surface area (Å²) in [5.41, 5.74) is 9.18. The Balaban J connectivity index is 2.26. The van der Waals surface area contributed by atoms with Crippen LogP contribution < -0.4 is 5.73 Å². The zero-order valence-corrected chi connectivity index (χ0v) is 12.0. The van der Waals surface area contributed by atoms with Gasteiger partial charge in [0, 0.05) is 10.0 Å². The molecule has 2 aromatic heterocycles. The molecule has 0 radical (unpaired) electrons. The molecule has 96 valence electrons. The quantitative estimate of drug-likeness (QED) is 0.730. The Bertz CT molecular complexity index is 735. The number of nitrogens with two attached hydrogens (primary N) is 1. The van der Waals surface area contributed by atoms with Gasteiger partial charge in [0.2, 0.25) is 5.22 Å². The molecule has 0 saturated carbocycles. The molecule has 0 bridgehead atoms.